The molecule has 1 N–H and O–H groups in total. The van der Waals surface area contributed by atoms with Crippen molar-refractivity contribution in [3.63, 3.8) is 0 Å². The van der Waals surface area contributed by atoms with Gasteiger partial charge in [-0.15, -0.1) is 0 Å². The molecule has 96 valence electrons. The van der Waals surface area contributed by atoms with Gasteiger partial charge in [0.2, 0.25) is 0 Å². The lowest BCUT2D eigenvalue weighted by molar-refractivity contribution is 0.176. The molecule has 0 aromatic heterocycles. The van der Waals surface area contributed by atoms with Crippen LogP contribution in [0.5, 0.6) is 0 Å². The molecular weight excluding hydrogens is 304 g/mol. The molecule has 0 fully saturated rings. The summed E-state index contributed by atoms with van der Waals surface area (Å²) in [6.45, 7) is 0. The van der Waals surface area contributed by atoms with Gasteiger partial charge >= 0.3 is 12.2 Å². The van der Waals surface area contributed by atoms with Crippen molar-refractivity contribution < 1.29 is 19.1 Å². The molecule has 0 bridgehead atoms. The molecule has 0 radical (unpaired) electrons. The molecule has 0 atom stereocenters. The second kappa shape index (κ2) is 6.75. The molecule has 1 aromatic carbocycles. The van der Waals surface area contributed by atoms with E-state index in [1.54, 1.807) is 24.3 Å². The van der Waals surface area contributed by atoms with Crippen LogP contribution in [0.1, 0.15) is 5.56 Å². The fourth-order valence-electron chi connectivity index (χ4n) is 1.09. The minimum absolute atomic E-state index is 0.0428. The van der Waals surface area contributed by atoms with Gasteiger partial charge < -0.3 is 9.47 Å². The van der Waals surface area contributed by atoms with E-state index in [1.807, 2.05) is 0 Å². The summed E-state index contributed by atoms with van der Waals surface area (Å²) in [4.78, 5) is 26.0. The van der Waals surface area contributed by atoms with Crippen molar-refractivity contribution in [3.05, 3.63) is 34.3 Å². The van der Waals surface area contributed by atoms with Crippen LogP contribution in [-0.2, 0) is 9.47 Å². The Morgan fingerprint density at radius 2 is 1.89 bits per heavy atom. The lowest BCUT2D eigenvalue weighted by Gasteiger charge is -2.08. The second-order valence-corrected chi connectivity index (χ2v) is 3.88. The molecule has 2 amide bonds. The van der Waals surface area contributed by atoms with Gasteiger partial charge in [0.15, 0.2) is 5.84 Å². The van der Waals surface area contributed by atoms with Crippen molar-refractivity contribution in [2.75, 3.05) is 14.2 Å². The number of aliphatic imine (C=N–C) groups is 1. The first-order valence-corrected chi connectivity index (χ1v) is 5.64. The highest BCUT2D eigenvalue weighted by Gasteiger charge is 2.13. The highest BCUT2D eigenvalue weighted by molar-refractivity contribution is 9.10. The van der Waals surface area contributed by atoms with E-state index in [0.29, 0.717) is 10.0 Å². The van der Waals surface area contributed by atoms with Crippen molar-refractivity contribution in [3.8, 4) is 0 Å². The van der Waals surface area contributed by atoms with Crippen LogP contribution in [0.4, 0.5) is 9.59 Å². The van der Waals surface area contributed by atoms with Crippen LogP contribution in [0.15, 0.2) is 33.7 Å². The van der Waals surface area contributed by atoms with Crippen molar-refractivity contribution in [2.24, 2.45) is 4.99 Å². The Balaban J connectivity index is 3.12. The van der Waals surface area contributed by atoms with E-state index in [2.05, 4.69) is 35.7 Å². The van der Waals surface area contributed by atoms with Crippen LogP contribution in [-0.4, -0.2) is 32.2 Å². The first-order valence-electron chi connectivity index (χ1n) is 4.85. The van der Waals surface area contributed by atoms with Crippen molar-refractivity contribution >= 4 is 34.0 Å². The Labute approximate surface area is 112 Å². The van der Waals surface area contributed by atoms with Crippen LogP contribution in [0.2, 0.25) is 0 Å². The molecular formula is C11H11BrN2O4. The number of alkyl carbamates (subject to hydrolysis) is 1. The van der Waals surface area contributed by atoms with Gasteiger partial charge in [-0.1, -0.05) is 34.1 Å². The predicted molar refractivity (Wildman–Crippen MR) is 68.6 cm³/mol. The quantitative estimate of drug-likeness (QED) is 0.637. The molecule has 0 aliphatic heterocycles. The number of rotatable bonds is 1. The number of nitrogens with one attached hydrogen (secondary N) is 1. The van der Waals surface area contributed by atoms with Crippen LogP contribution >= 0.6 is 15.9 Å². The molecule has 6 nitrogen and oxygen atoms in total. The number of nitrogens with zero attached hydrogens (tertiary/aromatic N) is 1. The third kappa shape index (κ3) is 3.85. The third-order valence-electron chi connectivity index (χ3n) is 1.91. The molecule has 18 heavy (non-hydrogen) atoms. The molecule has 0 spiro atoms. The number of benzene rings is 1. The number of carbonyl (C=O) groups excluding carboxylic acids is 2. The summed E-state index contributed by atoms with van der Waals surface area (Å²) >= 11 is 3.30. The molecule has 0 heterocycles. The molecule has 0 aliphatic rings. The van der Waals surface area contributed by atoms with Crippen LogP contribution in [0.25, 0.3) is 0 Å². The fourth-order valence-corrected chi connectivity index (χ4v) is 1.57. The molecule has 0 unspecified atom stereocenters. The highest BCUT2D eigenvalue weighted by Crippen LogP contribution is 2.16. The smallest absolute Gasteiger partial charge is 0.435 e. The predicted octanol–water partition coefficient (Wildman–Crippen LogP) is 2.32. The molecule has 7 heteroatoms. The van der Waals surface area contributed by atoms with Gasteiger partial charge in [-0.05, 0) is 6.07 Å². The summed E-state index contributed by atoms with van der Waals surface area (Å²) in [5, 5.41) is 2.35. The Morgan fingerprint density at radius 1 is 1.22 bits per heavy atom. The molecule has 1 aromatic rings. The largest absolute Gasteiger partial charge is 0.453 e. The zero-order valence-electron chi connectivity index (χ0n) is 9.77. The van der Waals surface area contributed by atoms with E-state index >= 15 is 0 Å². The van der Waals surface area contributed by atoms with Crippen molar-refractivity contribution in [2.45, 2.75) is 0 Å². The van der Waals surface area contributed by atoms with Gasteiger partial charge in [0.1, 0.15) is 0 Å². The topological polar surface area (TPSA) is 77.0 Å². The summed E-state index contributed by atoms with van der Waals surface area (Å²) in [5.74, 6) is 0.0428. The first kappa shape index (κ1) is 14.2. The maximum absolute atomic E-state index is 11.2. The van der Waals surface area contributed by atoms with E-state index in [0.717, 1.165) is 0 Å². The van der Waals surface area contributed by atoms with Gasteiger partial charge in [0.25, 0.3) is 0 Å². The van der Waals surface area contributed by atoms with Crippen molar-refractivity contribution in [1.82, 2.24) is 5.32 Å². The average molecular weight is 315 g/mol. The normalized spacial score (nSPS) is 10.7. The van der Waals surface area contributed by atoms with Gasteiger partial charge in [-0.2, -0.15) is 4.99 Å². The van der Waals surface area contributed by atoms with E-state index < -0.39 is 12.2 Å². The summed E-state index contributed by atoms with van der Waals surface area (Å²) in [7, 11) is 2.41. The number of methoxy groups -OCH3 is 2. The Bertz CT molecular complexity index is 488. The lowest BCUT2D eigenvalue weighted by atomic mass is 10.2. The zero-order chi connectivity index (χ0) is 13.5. The first-order chi connectivity index (χ1) is 8.58. The number of carbonyl (C=O) groups is 2. The van der Waals surface area contributed by atoms with Gasteiger partial charge in [0, 0.05) is 10.0 Å². The fraction of sp³-hybridized carbons (Fsp3) is 0.182. The Kier molecular flexibility index (Phi) is 5.31. The minimum atomic E-state index is -0.822. The number of hydrogen-bond acceptors (Lipinski definition) is 4. The SMILES string of the molecule is COC(=O)N=C(NC(=O)OC)c1ccccc1Br. The standard InChI is InChI=1S/C11H11BrN2O4/c1-17-10(15)13-9(14-11(16)18-2)7-5-3-4-6-8(7)12/h3-6H,1-2H3,(H,13,14,15,16). The zero-order valence-corrected chi connectivity index (χ0v) is 11.4. The van der Waals surface area contributed by atoms with E-state index in [-0.39, 0.29) is 5.84 Å². The summed E-state index contributed by atoms with van der Waals surface area (Å²) in [6.07, 6.45) is -1.55. The monoisotopic (exact) mass is 314 g/mol. The Hall–Kier alpha value is -1.89. The van der Waals surface area contributed by atoms with Crippen LogP contribution in [0, 0.1) is 0 Å². The highest BCUT2D eigenvalue weighted by atomic mass is 79.9. The van der Waals surface area contributed by atoms with Crippen LogP contribution in [0.3, 0.4) is 0 Å². The molecule has 1 rings (SSSR count). The number of amidine groups is 1. The maximum Gasteiger partial charge on any atom is 0.435 e. The van der Waals surface area contributed by atoms with Gasteiger partial charge in [0.05, 0.1) is 14.2 Å². The number of amides is 2. The van der Waals surface area contributed by atoms with E-state index in [1.165, 1.54) is 14.2 Å². The van der Waals surface area contributed by atoms with Crippen molar-refractivity contribution in [1.29, 1.82) is 0 Å². The third-order valence-corrected chi connectivity index (χ3v) is 2.60. The minimum Gasteiger partial charge on any atom is -0.453 e. The average Bonchev–Trinajstić information content (AvgIpc) is 2.38. The number of hydrogen-bond donors (Lipinski definition) is 1. The molecule has 0 saturated carbocycles. The van der Waals surface area contributed by atoms with Crippen LogP contribution < -0.4 is 5.32 Å². The number of ether oxygens (including phenoxy) is 2. The molecule has 0 aliphatic carbocycles. The number of halogens is 1. The summed E-state index contributed by atoms with van der Waals surface area (Å²) in [5.41, 5.74) is 0.535. The van der Waals surface area contributed by atoms with Gasteiger partial charge in [-0.25, -0.2) is 9.59 Å². The summed E-state index contributed by atoms with van der Waals surface area (Å²) in [6, 6.07) is 6.97. The second-order valence-electron chi connectivity index (χ2n) is 3.03. The summed E-state index contributed by atoms with van der Waals surface area (Å²) < 4.78 is 9.55. The van der Waals surface area contributed by atoms with E-state index in [4.69, 9.17) is 0 Å². The molecule has 0 saturated heterocycles. The Morgan fingerprint density at radius 3 is 2.44 bits per heavy atom. The van der Waals surface area contributed by atoms with Gasteiger partial charge in [-0.3, -0.25) is 5.32 Å². The van der Waals surface area contributed by atoms with E-state index in [9.17, 15) is 9.59 Å². The lowest BCUT2D eigenvalue weighted by Crippen LogP contribution is -2.32. The maximum atomic E-state index is 11.2.